The van der Waals surface area contributed by atoms with Gasteiger partial charge in [0.1, 0.15) is 0 Å². The Bertz CT molecular complexity index is 336. The van der Waals surface area contributed by atoms with Crippen LogP contribution in [0.5, 0.6) is 0 Å². The van der Waals surface area contributed by atoms with E-state index in [0.717, 1.165) is 0 Å². The van der Waals surface area contributed by atoms with Gasteiger partial charge in [0.25, 0.3) is 17.6 Å². The summed E-state index contributed by atoms with van der Waals surface area (Å²) in [5.74, 6) is -8.80. The van der Waals surface area contributed by atoms with Gasteiger partial charge in [0.05, 0.1) is 5.75 Å². The molecule has 0 spiro atoms. The van der Waals surface area contributed by atoms with Crippen LogP contribution in [-0.2, 0) is 9.59 Å². The van der Waals surface area contributed by atoms with Gasteiger partial charge in [-0.1, -0.05) is 6.92 Å². The van der Waals surface area contributed by atoms with Crippen LogP contribution >= 0.6 is 25.3 Å². The molecule has 2 atom stereocenters. The second-order valence-electron chi connectivity index (χ2n) is 3.76. The Morgan fingerprint density at radius 2 is 1.53 bits per heavy atom. The number of alkyl halides is 2. The van der Waals surface area contributed by atoms with Crippen molar-refractivity contribution in [1.82, 2.24) is 16.0 Å². The summed E-state index contributed by atoms with van der Waals surface area (Å²) in [5, 5.41) is 6.18. The predicted molar refractivity (Wildman–Crippen MR) is 75.9 cm³/mol. The maximum Gasteiger partial charge on any atom is 0.279 e. The molecule has 0 heterocycles. The molecule has 0 saturated heterocycles. The first-order chi connectivity index (χ1) is 8.79. The van der Waals surface area contributed by atoms with E-state index in [0.29, 0.717) is 0 Å². The minimum absolute atomic E-state index is 0.145. The SMILES string of the molecule is CCNC(=O)[C@@](F)(CS)NC(=O)[C@@](F)(CS)NCC. The molecule has 0 aromatic heterocycles. The Balaban J connectivity index is 4.96. The summed E-state index contributed by atoms with van der Waals surface area (Å²) in [4.78, 5) is 23.2. The Hall–Kier alpha value is -0.540. The molecular formula is C10H19F2N3O2S2. The molecule has 0 fully saturated rings. The molecule has 0 rings (SSSR count). The van der Waals surface area contributed by atoms with E-state index in [9.17, 15) is 18.4 Å². The molecule has 3 N–H and O–H groups in total. The van der Waals surface area contributed by atoms with Crippen LogP contribution in [0.3, 0.4) is 0 Å². The van der Waals surface area contributed by atoms with E-state index in [2.05, 4.69) is 35.9 Å². The fraction of sp³-hybridized carbons (Fsp3) is 0.800. The van der Waals surface area contributed by atoms with Crippen molar-refractivity contribution in [3.63, 3.8) is 0 Å². The lowest BCUT2D eigenvalue weighted by atomic mass is 10.2. The van der Waals surface area contributed by atoms with Crippen LogP contribution in [0.1, 0.15) is 13.8 Å². The normalized spacial score (nSPS) is 17.2. The van der Waals surface area contributed by atoms with E-state index >= 15 is 0 Å². The second kappa shape index (κ2) is 7.91. The Kier molecular flexibility index (Phi) is 7.68. The zero-order valence-electron chi connectivity index (χ0n) is 10.8. The highest BCUT2D eigenvalue weighted by Gasteiger charge is 2.45. The second-order valence-corrected chi connectivity index (χ2v) is 4.39. The van der Waals surface area contributed by atoms with E-state index in [-0.39, 0.29) is 13.1 Å². The van der Waals surface area contributed by atoms with Gasteiger partial charge in [-0.2, -0.15) is 25.3 Å². The topological polar surface area (TPSA) is 70.2 Å². The molecule has 0 unspecified atom stereocenters. The maximum atomic E-state index is 14.2. The minimum atomic E-state index is -2.77. The van der Waals surface area contributed by atoms with Crippen LogP contribution in [0.25, 0.3) is 0 Å². The monoisotopic (exact) mass is 315 g/mol. The van der Waals surface area contributed by atoms with Crippen molar-refractivity contribution >= 4 is 37.1 Å². The van der Waals surface area contributed by atoms with Crippen molar-refractivity contribution in [2.45, 2.75) is 25.4 Å². The van der Waals surface area contributed by atoms with Gasteiger partial charge in [0.15, 0.2) is 0 Å². The standard InChI is InChI=1S/C10H19F2N3O2S2/c1-3-13-7(16)10(12,6-19)15-8(17)9(11,5-18)14-4-2/h14,18-19H,3-6H2,1-2H3,(H,13,16)(H,15,17)/t9-,10-/m1/s1. The summed E-state index contributed by atoms with van der Waals surface area (Å²) < 4.78 is 28.3. The number of carbonyl (C=O) groups is 2. The van der Waals surface area contributed by atoms with Gasteiger partial charge < -0.3 is 10.6 Å². The molecule has 0 aliphatic rings. The number of rotatable bonds is 8. The number of hydrogen-bond donors (Lipinski definition) is 5. The zero-order valence-corrected chi connectivity index (χ0v) is 12.6. The minimum Gasteiger partial charge on any atom is -0.352 e. The average molecular weight is 315 g/mol. The fourth-order valence-corrected chi connectivity index (χ4v) is 1.71. The lowest BCUT2D eigenvalue weighted by Crippen LogP contribution is -2.64. The van der Waals surface area contributed by atoms with E-state index in [1.807, 2.05) is 0 Å². The van der Waals surface area contributed by atoms with E-state index < -0.39 is 34.9 Å². The lowest BCUT2D eigenvalue weighted by molar-refractivity contribution is -0.145. The third-order valence-corrected chi connectivity index (χ3v) is 3.13. The first kappa shape index (κ1) is 18.5. The number of nitrogens with one attached hydrogen (secondary N) is 3. The maximum absolute atomic E-state index is 14.2. The molecule has 0 radical (unpaired) electrons. The van der Waals surface area contributed by atoms with Crippen molar-refractivity contribution in [1.29, 1.82) is 0 Å². The molecule has 0 aliphatic heterocycles. The Morgan fingerprint density at radius 3 is 1.89 bits per heavy atom. The summed E-state index contributed by atoms with van der Waals surface area (Å²) in [6.45, 7) is 3.49. The van der Waals surface area contributed by atoms with Gasteiger partial charge >= 0.3 is 0 Å². The van der Waals surface area contributed by atoms with Crippen molar-refractivity contribution < 1.29 is 18.4 Å². The number of halogens is 2. The largest absolute Gasteiger partial charge is 0.352 e. The smallest absolute Gasteiger partial charge is 0.279 e. The van der Waals surface area contributed by atoms with Gasteiger partial charge in [-0.05, 0) is 13.5 Å². The molecule has 19 heavy (non-hydrogen) atoms. The molecule has 0 aliphatic carbocycles. The van der Waals surface area contributed by atoms with E-state index in [1.54, 1.807) is 19.2 Å². The molecule has 5 nitrogen and oxygen atoms in total. The molecular weight excluding hydrogens is 296 g/mol. The van der Waals surface area contributed by atoms with Crippen LogP contribution in [0.4, 0.5) is 8.78 Å². The first-order valence-electron chi connectivity index (χ1n) is 5.75. The van der Waals surface area contributed by atoms with Crippen LogP contribution in [0.15, 0.2) is 0 Å². The average Bonchev–Trinajstić information content (AvgIpc) is 2.38. The third kappa shape index (κ3) is 4.81. The van der Waals surface area contributed by atoms with E-state index in [1.165, 1.54) is 0 Å². The van der Waals surface area contributed by atoms with Crippen molar-refractivity contribution in [2.75, 3.05) is 24.6 Å². The highest BCUT2D eigenvalue weighted by Crippen LogP contribution is 2.15. The summed E-state index contributed by atoms with van der Waals surface area (Å²) >= 11 is 7.38. The van der Waals surface area contributed by atoms with Gasteiger partial charge in [0.2, 0.25) is 5.79 Å². The molecule has 0 saturated carbocycles. The Labute approximate surface area is 122 Å². The molecule has 0 aromatic carbocycles. The molecule has 0 bridgehead atoms. The van der Waals surface area contributed by atoms with Crippen molar-refractivity contribution in [3.05, 3.63) is 0 Å². The number of likely N-dealkylation sites (N-methyl/N-ethyl adjacent to an activating group) is 2. The van der Waals surface area contributed by atoms with Gasteiger partial charge in [-0.15, -0.1) is 0 Å². The summed E-state index contributed by atoms with van der Waals surface area (Å²) in [6.07, 6.45) is 0. The van der Waals surface area contributed by atoms with Crippen molar-refractivity contribution in [3.8, 4) is 0 Å². The highest BCUT2D eigenvalue weighted by atomic mass is 32.1. The number of hydrogen-bond acceptors (Lipinski definition) is 5. The molecule has 2 amide bonds. The molecule has 9 heteroatoms. The fourth-order valence-electron chi connectivity index (χ4n) is 1.24. The molecule has 112 valence electrons. The summed E-state index contributed by atoms with van der Waals surface area (Å²) in [7, 11) is 0. The van der Waals surface area contributed by atoms with Crippen LogP contribution in [-0.4, -0.2) is 48.0 Å². The van der Waals surface area contributed by atoms with Gasteiger partial charge in [-0.3, -0.25) is 14.9 Å². The number of carbonyl (C=O) groups excluding carboxylic acids is 2. The van der Waals surface area contributed by atoms with Crippen LogP contribution in [0.2, 0.25) is 0 Å². The van der Waals surface area contributed by atoms with Gasteiger partial charge in [-0.25, -0.2) is 8.78 Å². The quantitative estimate of drug-likeness (QED) is 0.324. The van der Waals surface area contributed by atoms with Gasteiger partial charge in [0, 0.05) is 12.3 Å². The van der Waals surface area contributed by atoms with Crippen LogP contribution in [0, 0.1) is 0 Å². The van der Waals surface area contributed by atoms with E-state index in [4.69, 9.17) is 0 Å². The Morgan fingerprint density at radius 1 is 1.00 bits per heavy atom. The summed E-state index contributed by atoms with van der Waals surface area (Å²) in [5.41, 5.74) is 0. The summed E-state index contributed by atoms with van der Waals surface area (Å²) in [6, 6.07) is 0. The van der Waals surface area contributed by atoms with Crippen molar-refractivity contribution in [2.24, 2.45) is 0 Å². The van der Waals surface area contributed by atoms with Crippen LogP contribution < -0.4 is 16.0 Å². The molecule has 0 aromatic rings. The highest BCUT2D eigenvalue weighted by molar-refractivity contribution is 7.80. The third-order valence-electron chi connectivity index (χ3n) is 2.26. The lowest BCUT2D eigenvalue weighted by Gasteiger charge is -2.29. The number of thiol groups is 2. The predicted octanol–water partition coefficient (Wildman–Crippen LogP) is 0.0394. The number of amides is 2. The zero-order chi connectivity index (χ0) is 15.1. The first-order valence-corrected chi connectivity index (χ1v) is 7.01.